The molecule has 0 spiro atoms. The van der Waals surface area contributed by atoms with Gasteiger partial charge in [0.2, 0.25) is 0 Å². The second-order valence-electron chi connectivity index (χ2n) is 3.97. The van der Waals surface area contributed by atoms with Gasteiger partial charge in [-0.05, 0) is 0 Å². The molecule has 7 nitrogen and oxygen atoms in total. The fourth-order valence-corrected chi connectivity index (χ4v) is 1.80. The second-order valence-corrected chi connectivity index (χ2v) is 3.97. The highest BCUT2D eigenvalue weighted by Crippen LogP contribution is 2.03. The van der Waals surface area contributed by atoms with Crippen LogP contribution in [0.15, 0.2) is 0 Å². The first-order valence-electron chi connectivity index (χ1n) is 5.81. The molecule has 0 bridgehead atoms. The van der Waals surface area contributed by atoms with Crippen molar-refractivity contribution in [1.29, 1.82) is 0 Å². The van der Waals surface area contributed by atoms with E-state index in [-0.39, 0.29) is 0 Å². The van der Waals surface area contributed by atoms with Crippen molar-refractivity contribution in [2.75, 3.05) is 52.5 Å². The first kappa shape index (κ1) is 12.1. The lowest BCUT2D eigenvalue weighted by atomic mass is 10.4. The van der Waals surface area contributed by atoms with Gasteiger partial charge in [0, 0.05) is 39.3 Å². The van der Waals surface area contributed by atoms with Crippen LogP contribution in [0.3, 0.4) is 0 Å². The lowest BCUT2D eigenvalue weighted by Crippen LogP contribution is -2.49. The maximum atomic E-state index is 11.6. The van der Waals surface area contributed by atoms with Gasteiger partial charge in [-0.15, -0.1) is 0 Å². The molecule has 0 unspecified atom stereocenters. The molecule has 2 fully saturated rings. The lowest BCUT2D eigenvalue weighted by Gasteiger charge is -2.29. The van der Waals surface area contributed by atoms with Crippen molar-refractivity contribution in [3.8, 4) is 0 Å². The monoisotopic (exact) mass is 243 g/mol. The third-order valence-corrected chi connectivity index (χ3v) is 2.82. The normalized spacial score (nSPS) is 21.2. The van der Waals surface area contributed by atoms with Crippen molar-refractivity contribution in [3.63, 3.8) is 0 Å². The van der Waals surface area contributed by atoms with Crippen LogP contribution in [-0.2, 0) is 9.47 Å². The number of rotatable bonds is 0. The van der Waals surface area contributed by atoms with E-state index in [9.17, 15) is 9.59 Å². The highest BCUT2D eigenvalue weighted by atomic mass is 16.6. The predicted molar refractivity (Wildman–Crippen MR) is 58.7 cm³/mol. The highest BCUT2D eigenvalue weighted by molar-refractivity contribution is 5.83. The van der Waals surface area contributed by atoms with E-state index in [1.165, 1.54) is 9.80 Å². The number of nitrogens with one attached hydrogen (secondary N) is 1. The van der Waals surface area contributed by atoms with Gasteiger partial charge in [-0.3, -0.25) is 0 Å². The number of carbonyl (C=O) groups excluding carboxylic acids is 2. The Balaban J connectivity index is 1.78. The molecule has 96 valence electrons. The fraction of sp³-hybridized carbons (Fsp3) is 0.800. The molecule has 0 atom stereocenters. The van der Waals surface area contributed by atoms with Crippen molar-refractivity contribution in [1.82, 2.24) is 15.1 Å². The van der Waals surface area contributed by atoms with Gasteiger partial charge in [-0.1, -0.05) is 0 Å². The van der Waals surface area contributed by atoms with Gasteiger partial charge in [0.15, 0.2) is 0 Å². The quantitative estimate of drug-likeness (QED) is 0.580. The van der Waals surface area contributed by atoms with Crippen LogP contribution in [0.1, 0.15) is 0 Å². The number of amides is 2. The van der Waals surface area contributed by atoms with Crippen molar-refractivity contribution >= 4 is 12.2 Å². The summed E-state index contributed by atoms with van der Waals surface area (Å²) in [7, 11) is 0. The maximum absolute atomic E-state index is 11.6. The number of carbonyl (C=O) groups is 2. The molecule has 2 heterocycles. The number of nitrogens with zero attached hydrogens (tertiary/aromatic N) is 2. The summed E-state index contributed by atoms with van der Waals surface area (Å²) in [6.45, 7) is 4.58. The van der Waals surface area contributed by atoms with Gasteiger partial charge in [0.25, 0.3) is 0 Å². The molecule has 2 saturated heterocycles. The summed E-state index contributed by atoms with van der Waals surface area (Å²) in [5, 5.41) is 3.12. The van der Waals surface area contributed by atoms with Gasteiger partial charge in [0.1, 0.15) is 0 Å². The van der Waals surface area contributed by atoms with Crippen LogP contribution < -0.4 is 5.32 Å². The van der Waals surface area contributed by atoms with E-state index >= 15 is 0 Å². The van der Waals surface area contributed by atoms with Crippen molar-refractivity contribution in [3.05, 3.63) is 0 Å². The third kappa shape index (κ3) is 3.31. The standard InChI is InChI=1S/C10H17N3O4/c14-9(12-3-1-11-2-4-12)17-10(15)13-5-7-16-8-6-13/h11H,1-8H2. The van der Waals surface area contributed by atoms with Crippen molar-refractivity contribution in [2.24, 2.45) is 0 Å². The molecule has 2 aliphatic rings. The van der Waals surface area contributed by atoms with E-state index in [2.05, 4.69) is 5.32 Å². The Bertz CT molecular complexity index is 257. The molecular formula is C10H17N3O4. The SMILES string of the molecule is O=C(OC(=O)N1CCOCC1)N1CCNCC1. The highest BCUT2D eigenvalue weighted by Gasteiger charge is 2.24. The fourth-order valence-electron chi connectivity index (χ4n) is 1.80. The van der Waals surface area contributed by atoms with E-state index < -0.39 is 12.2 Å². The Hall–Kier alpha value is -1.34. The van der Waals surface area contributed by atoms with Gasteiger partial charge >= 0.3 is 12.2 Å². The molecule has 2 rings (SSSR count). The van der Waals surface area contributed by atoms with E-state index in [0.29, 0.717) is 39.4 Å². The number of hydrogen-bond donors (Lipinski definition) is 1. The number of ether oxygens (including phenoxy) is 2. The Morgan fingerprint density at radius 2 is 1.47 bits per heavy atom. The minimum absolute atomic E-state index is 0.480. The maximum Gasteiger partial charge on any atom is 0.418 e. The largest absolute Gasteiger partial charge is 0.418 e. The lowest BCUT2D eigenvalue weighted by molar-refractivity contribution is 0.0307. The van der Waals surface area contributed by atoms with E-state index in [1.807, 2.05) is 0 Å². The molecule has 7 heteroatoms. The van der Waals surface area contributed by atoms with Crippen LogP contribution >= 0.6 is 0 Å². The average molecular weight is 243 g/mol. The van der Waals surface area contributed by atoms with Gasteiger partial charge < -0.3 is 24.6 Å². The summed E-state index contributed by atoms with van der Waals surface area (Å²) in [5.41, 5.74) is 0. The smallest absolute Gasteiger partial charge is 0.378 e. The summed E-state index contributed by atoms with van der Waals surface area (Å²) >= 11 is 0. The number of morpholine rings is 1. The van der Waals surface area contributed by atoms with E-state index in [4.69, 9.17) is 9.47 Å². The average Bonchev–Trinajstić information content (AvgIpc) is 2.40. The molecule has 2 aliphatic heterocycles. The van der Waals surface area contributed by atoms with Gasteiger partial charge in [-0.25, -0.2) is 9.59 Å². The minimum Gasteiger partial charge on any atom is -0.378 e. The van der Waals surface area contributed by atoms with Crippen LogP contribution in [0, 0.1) is 0 Å². The Morgan fingerprint density at radius 1 is 0.941 bits per heavy atom. The Kier molecular flexibility index (Phi) is 4.16. The summed E-state index contributed by atoms with van der Waals surface area (Å²) in [4.78, 5) is 26.3. The summed E-state index contributed by atoms with van der Waals surface area (Å²) in [5.74, 6) is 0. The van der Waals surface area contributed by atoms with Crippen LogP contribution in [0.25, 0.3) is 0 Å². The zero-order valence-electron chi connectivity index (χ0n) is 9.68. The summed E-state index contributed by atoms with van der Waals surface area (Å²) < 4.78 is 9.94. The summed E-state index contributed by atoms with van der Waals surface area (Å²) in [6, 6.07) is 0. The van der Waals surface area contributed by atoms with Crippen LogP contribution in [0.4, 0.5) is 9.59 Å². The van der Waals surface area contributed by atoms with Gasteiger partial charge in [0.05, 0.1) is 13.2 Å². The van der Waals surface area contributed by atoms with Gasteiger partial charge in [-0.2, -0.15) is 0 Å². The molecule has 1 N–H and O–H groups in total. The van der Waals surface area contributed by atoms with Crippen LogP contribution in [0.5, 0.6) is 0 Å². The zero-order chi connectivity index (χ0) is 12.1. The predicted octanol–water partition coefficient (Wildman–Crippen LogP) is -0.520. The van der Waals surface area contributed by atoms with Crippen LogP contribution in [-0.4, -0.2) is 74.5 Å². The van der Waals surface area contributed by atoms with Crippen molar-refractivity contribution in [2.45, 2.75) is 0 Å². The summed E-state index contributed by atoms with van der Waals surface area (Å²) in [6.07, 6.45) is -1.13. The topological polar surface area (TPSA) is 71.1 Å². The van der Waals surface area contributed by atoms with Crippen molar-refractivity contribution < 1.29 is 19.1 Å². The zero-order valence-corrected chi connectivity index (χ0v) is 9.68. The first-order chi connectivity index (χ1) is 8.27. The molecule has 0 aromatic carbocycles. The molecule has 0 radical (unpaired) electrons. The molecule has 0 aromatic heterocycles. The molecule has 0 aromatic rings. The second kappa shape index (κ2) is 5.83. The minimum atomic E-state index is -0.572. The molecule has 17 heavy (non-hydrogen) atoms. The molecule has 0 aliphatic carbocycles. The molecule has 0 saturated carbocycles. The Labute approximate surface area is 99.6 Å². The van der Waals surface area contributed by atoms with E-state index in [0.717, 1.165) is 13.1 Å². The molecular weight excluding hydrogens is 226 g/mol. The Morgan fingerprint density at radius 3 is 2.06 bits per heavy atom. The molecule has 2 amide bonds. The van der Waals surface area contributed by atoms with E-state index in [1.54, 1.807) is 0 Å². The third-order valence-electron chi connectivity index (χ3n) is 2.82. The first-order valence-corrected chi connectivity index (χ1v) is 5.81. The number of piperazine rings is 1. The van der Waals surface area contributed by atoms with Crippen LogP contribution in [0.2, 0.25) is 0 Å². The number of hydrogen-bond acceptors (Lipinski definition) is 5.